The van der Waals surface area contributed by atoms with Crippen molar-refractivity contribution < 1.29 is 19.1 Å². The molecule has 1 aromatic rings. The normalized spacial score (nSPS) is 21.6. The number of nitrogens with zero attached hydrogens (tertiary/aromatic N) is 1. The summed E-state index contributed by atoms with van der Waals surface area (Å²) in [7, 11) is 0. The molecule has 4 nitrogen and oxygen atoms in total. The van der Waals surface area contributed by atoms with Gasteiger partial charge in [0.2, 0.25) is 0 Å². The van der Waals surface area contributed by atoms with Gasteiger partial charge in [-0.2, -0.15) is 0 Å². The van der Waals surface area contributed by atoms with E-state index in [9.17, 15) is 19.1 Å². The zero-order valence-corrected chi connectivity index (χ0v) is 12.8. The van der Waals surface area contributed by atoms with E-state index in [0.29, 0.717) is 16.9 Å². The van der Waals surface area contributed by atoms with Crippen molar-refractivity contribution in [3.05, 3.63) is 35.1 Å². The molecule has 1 aliphatic heterocycles. The molecule has 1 aromatic carbocycles. The van der Waals surface area contributed by atoms with E-state index >= 15 is 0 Å². The number of carbonyl (C=O) groups excluding carboxylic acids is 1. The second-order valence-corrected chi connectivity index (χ2v) is 6.32. The predicted molar refractivity (Wildman–Crippen MR) is 79.9 cm³/mol. The molecule has 21 heavy (non-hydrogen) atoms. The number of rotatable bonds is 4. The molecule has 0 bridgehead atoms. The molecule has 0 aromatic heterocycles. The van der Waals surface area contributed by atoms with Gasteiger partial charge in [-0.1, -0.05) is 13.3 Å². The molecule has 0 saturated carbocycles. The number of thioether (sulfide) groups is 1. The quantitative estimate of drug-likeness (QED) is 0.929. The first-order chi connectivity index (χ1) is 9.95. The predicted octanol–water partition coefficient (Wildman–Crippen LogP) is 2.90. The highest BCUT2D eigenvalue weighted by molar-refractivity contribution is 8.00. The Hall–Kier alpha value is -1.56. The Balaban J connectivity index is 2.31. The van der Waals surface area contributed by atoms with Crippen molar-refractivity contribution in [1.82, 2.24) is 4.90 Å². The number of halogens is 1. The fraction of sp³-hybridized carbons (Fsp3) is 0.467. The largest absolute Gasteiger partial charge is 0.480 e. The molecule has 0 radical (unpaired) electrons. The summed E-state index contributed by atoms with van der Waals surface area (Å²) >= 11 is 1.49. The molecule has 0 spiro atoms. The van der Waals surface area contributed by atoms with E-state index in [-0.39, 0.29) is 17.1 Å². The lowest BCUT2D eigenvalue weighted by atomic mass is 10.1. The van der Waals surface area contributed by atoms with Gasteiger partial charge in [0.15, 0.2) is 0 Å². The Morgan fingerprint density at radius 3 is 2.76 bits per heavy atom. The van der Waals surface area contributed by atoms with E-state index in [2.05, 4.69) is 0 Å². The number of aryl methyl sites for hydroxylation is 1. The molecule has 6 heteroatoms. The van der Waals surface area contributed by atoms with Crippen molar-refractivity contribution in [2.75, 3.05) is 5.75 Å². The van der Waals surface area contributed by atoms with Gasteiger partial charge in [-0.15, -0.1) is 11.8 Å². The highest BCUT2D eigenvalue weighted by Gasteiger charge is 2.41. The average Bonchev–Trinajstić information content (AvgIpc) is 2.85. The van der Waals surface area contributed by atoms with Crippen LogP contribution in [0.4, 0.5) is 4.39 Å². The topological polar surface area (TPSA) is 57.6 Å². The molecule has 1 amide bonds. The third-order valence-electron chi connectivity index (χ3n) is 3.55. The van der Waals surface area contributed by atoms with Crippen molar-refractivity contribution in [2.24, 2.45) is 0 Å². The van der Waals surface area contributed by atoms with Crippen LogP contribution < -0.4 is 0 Å². The molecule has 1 heterocycles. The third-order valence-corrected chi connectivity index (χ3v) is 4.91. The van der Waals surface area contributed by atoms with Crippen LogP contribution in [0.3, 0.4) is 0 Å². The summed E-state index contributed by atoms with van der Waals surface area (Å²) < 4.78 is 13.3. The van der Waals surface area contributed by atoms with Crippen LogP contribution >= 0.6 is 11.8 Å². The lowest BCUT2D eigenvalue weighted by Crippen LogP contribution is -2.45. The number of hydrogen-bond acceptors (Lipinski definition) is 3. The molecule has 1 fully saturated rings. The number of carboxylic acids is 1. The number of benzene rings is 1. The van der Waals surface area contributed by atoms with Crippen LogP contribution in [-0.4, -0.2) is 39.1 Å². The van der Waals surface area contributed by atoms with Crippen molar-refractivity contribution in [1.29, 1.82) is 0 Å². The van der Waals surface area contributed by atoms with Crippen LogP contribution in [0, 0.1) is 12.7 Å². The molecule has 0 aliphatic carbocycles. The molecular weight excluding hydrogens is 293 g/mol. The molecule has 114 valence electrons. The average molecular weight is 311 g/mol. The summed E-state index contributed by atoms with van der Waals surface area (Å²) in [6, 6.07) is 3.32. The van der Waals surface area contributed by atoms with Gasteiger partial charge in [-0.25, -0.2) is 9.18 Å². The highest BCUT2D eigenvalue weighted by atomic mass is 32.2. The standard InChI is InChI=1S/C15H18FNO3S/c1-3-4-13-17(12(8-21-13)15(19)20)14(18)10-5-6-11(16)9(2)7-10/h5-7,12-13H,3-4,8H2,1-2H3,(H,19,20). The van der Waals surface area contributed by atoms with Gasteiger partial charge < -0.3 is 10.0 Å². The summed E-state index contributed by atoms with van der Waals surface area (Å²) in [4.78, 5) is 25.4. The van der Waals surface area contributed by atoms with E-state index in [1.807, 2.05) is 6.92 Å². The summed E-state index contributed by atoms with van der Waals surface area (Å²) in [5.74, 6) is -1.31. The van der Waals surface area contributed by atoms with E-state index < -0.39 is 12.0 Å². The monoisotopic (exact) mass is 311 g/mol. The van der Waals surface area contributed by atoms with Crippen molar-refractivity contribution in [3.63, 3.8) is 0 Å². The van der Waals surface area contributed by atoms with Crippen LogP contribution in [0.1, 0.15) is 35.7 Å². The zero-order valence-electron chi connectivity index (χ0n) is 12.0. The summed E-state index contributed by atoms with van der Waals surface area (Å²) in [6.45, 7) is 3.59. The number of aliphatic carboxylic acids is 1. The maximum Gasteiger partial charge on any atom is 0.327 e. The van der Waals surface area contributed by atoms with Gasteiger partial charge >= 0.3 is 5.97 Å². The summed E-state index contributed by atoms with van der Waals surface area (Å²) in [6.07, 6.45) is 1.62. The van der Waals surface area contributed by atoms with Crippen LogP contribution in [0.15, 0.2) is 18.2 Å². The smallest absolute Gasteiger partial charge is 0.327 e. The minimum absolute atomic E-state index is 0.131. The first kappa shape index (κ1) is 15.8. The Labute approximate surface area is 127 Å². The second kappa shape index (κ2) is 6.47. The third kappa shape index (κ3) is 3.20. The summed E-state index contributed by atoms with van der Waals surface area (Å²) in [5.41, 5.74) is 0.718. The van der Waals surface area contributed by atoms with Gasteiger partial charge in [-0.3, -0.25) is 4.79 Å². The van der Waals surface area contributed by atoms with Gasteiger partial charge in [0.25, 0.3) is 5.91 Å². The first-order valence-corrected chi connectivity index (χ1v) is 7.93. The molecule has 1 aliphatic rings. The van der Waals surface area contributed by atoms with Crippen molar-refractivity contribution in [3.8, 4) is 0 Å². The minimum Gasteiger partial charge on any atom is -0.480 e. The fourth-order valence-electron chi connectivity index (χ4n) is 2.42. The van der Waals surface area contributed by atoms with Crippen LogP contribution in [-0.2, 0) is 4.79 Å². The van der Waals surface area contributed by atoms with E-state index in [1.165, 1.54) is 34.9 Å². The number of carbonyl (C=O) groups is 2. The molecule has 2 rings (SSSR count). The maximum atomic E-state index is 13.3. The highest BCUT2D eigenvalue weighted by Crippen LogP contribution is 2.33. The van der Waals surface area contributed by atoms with Crippen LogP contribution in [0.2, 0.25) is 0 Å². The van der Waals surface area contributed by atoms with Gasteiger partial charge in [-0.05, 0) is 37.1 Å². The Kier molecular flexibility index (Phi) is 4.88. The van der Waals surface area contributed by atoms with Gasteiger partial charge in [0.05, 0.1) is 5.37 Å². The zero-order chi connectivity index (χ0) is 15.6. The number of hydrogen-bond donors (Lipinski definition) is 1. The molecular formula is C15H18FNO3S. The van der Waals surface area contributed by atoms with Gasteiger partial charge in [0, 0.05) is 11.3 Å². The van der Waals surface area contributed by atoms with Crippen molar-refractivity contribution >= 4 is 23.6 Å². The minimum atomic E-state index is -0.992. The number of carboxylic acid groups (broad SMARTS) is 1. The molecule has 2 unspecified atom stereocenters. The Bertz CT molecular complexity index is 564. The summed E-state index contributed by atoms with van der Waals surface area (Å²) in [5, 5.41) is 9.17. The van der Waals surface area contributed by atoms with Crippen LogP contribution in [0.25, 0.3) is 0 Å². The Morgan fingerprint density at radius 1 is 1.48 bits per heavy atom. The molecule has 1 saturated heterocycles. The SMILES string of the molecule is CCCC1SCC(C(=O)O)N1C(=O)c1ccc(F)c(C)c1. The van der Waals surface area contributed by atoms with Crippen molar-refractivity contribution in [2.45, 2.75) is 38.1 Å². The lowest BCUT2D eigenvalue weighted by Gasteiger charge is -2.27. The fourth-order valence-corrected chi connectivity index (χ4v) is 3.94. The van der Waals surface area contributed by atoms with E-state index in [0.717, 1.165) is 12.8 Å². The number of amides is 1. The second-order valence-electron chi connectivity index (χ2n) is 5.11. The van der Waals surface area contributed by atoms with Crippen LogP contribution in [0.5, 0.6) is 0 Å². The Morgan fingerprint density at radius 2 is 2.19 bits per heavy atom. The van der Waals surface area contributed by atoms with Gasteiger partial charge in [0.1, 0.15) is 11.9 Å². The molecule has 1 N–H and O–H groups in total. The first-order valence-electron chi connectivity index (χ1n) is 6.89. The lowest BCUT2D eigenvalue weighted by molar-refractivity contribution is -0.141. The maximum absolute atomic E-state index is 13.3. The van der Waals surface area contributed by atoms with E-state index in [1.54, 1.807) is 6.92 Å². The molecule has 2 atom stereocenters. The van der Waals surface area contributed by atoms with E-state index in [4.69, 9.17) is 0 Å².